The predicted octanol–water partition coefficient (Wildman–Crippen LogP) is 2.26. The molecule has 2 rings (SSSR count). The Morgan fingerprint density at radius 2 is 2.44 bits per heavy atom. The lowest BCUT2D eigenvalue weighted by Gasteiger charge is -2.27. The molecule has 1 N–H and O–H groups in total. The van der Waals surface area contributed by atoms with Gasteiger partial charge in [0.1, 0.15) is 0 Å². The quantitative estimate of drug-likeness (QED) is 0.859. The molecule has 0 bridgehead atoms. The molecule has 1 saturated heterocycles. The lowest BCUT2D eigenvalue weighted by atomic mass is 10.1. The smallest absolute Gasteiger partial charge is 0.185 e. The van der Waals surface area contributed by atoms with Crippen LogP contribution >= 0.6 is 11.3 Å². The van der Waals surface area contributed by atoms with Crippen molar-refractivity contribution in [2.24, 2.45) is 0 Å². The van der Waals surface area contributed by atoms with Gasteiger partial charge in [-0.3, -0.25) is 0 Å². The molecule has 0 radical (unpaired) electrons. The number of nitrogens with zero attached hydrogens (tertiary/aromatic N) is 2. The average Bonchev–Trinajstić information content (AvgIpc) is 2.86. The lowest BCUT2D eigenvalue weighted by molar-refractivity contribution is 0.0216. The second-order valence-electron chi connectivity index (χ2n) is 4.76. The minimum Gasteiger partial charge on any atom is -0.376 e. The van der Waals surface area contributed by atoms with Gasteiger partial charge < -0.3 is 15.0 Å². The van der Waals surface area contributed by atoms with Gasteiger partial charge in [-0.25, -0.2) is 4.98 Å². The Bertz CT molecular complexity index is 350. The molecule has 1 fully saturated rings. The molecule has 4 nitrogen and oxygen atoms in total. The van der Waals surface area contributed by atoms with Gasteiger partial charge in [0, 0.05) is 37.8 Å². The summed E-state index contributed by atoms with van der Waals surface area (Å²) in [5, 5.41) is 4.42. The molecule has 1 aromatic rings. The molecule has 1 atom stereocenters. The van der Waals surface area contributed by atoms with Crippen LogP contribution in [0.1, 0.15) is 31.1 Å². The molecule has 0 amide bonds. The minimum atomic E-state index is 0.380. The van der Waals surface area contributed by atoms with E-state index in [9.17, 15) is 0 Å². The summed E-state index contributed by atoms with van der Waals surface area (Å²) >= 11 is 1.77. The monoisotopic (exact) mass is 269 g/mol. The maximum atomic E-state index is 5.76. The third-order valence-corrected chi connectivity index (χ3v) is 4.28. The topological polar surface area (TPSA) is 37.4 Å². The van der Waals surface area contributed by atoms with Gasteiger partial charge in [-0.05, 0) is 25.8 Å². The molecule has 102 valence electrons. The first-order valence-electron chi connectivity index (χ1n) is 6.77. The summed E-state index contributed by atoms with van der Waals surface area (Å²) in [6.45, 7) is 5.91. The normalized spacial score (nSPS) is 20.0. The highest BCUT2D eigenvalue weighted by Crippen LogP contribution is 2.23. The minimum absolute atomic E-state index is 0.380. The highest BCUT2D eigenvalue weighted by molar-refractivity contribution is 7.15. The lowest BCUT2D eigenvalue weighted by Crippen LogP contribution is -2.33. The number of nitrogens with one attached hydrogen (secondary N) is 1. The zero-order chi connectivity index (χ0) is 12.8. The van der Waals surface area contributed by atoms with Crippen molar-refractivity contribution in [1.29, 1.82) is 0 Å². The molecule has 0 spiro atoms. The first-order chi connectivity index (χ1) is 8.79. The van der Waals surface area contributed by atoms with Gasteiger partial charge in [0.05, 0.1) is 6.10 Å². The van der Waals surface area contributed by atoms with Gasteiger partial charge in [0.2, 0.25) is 0 Å². The molecular weight excluding hydrogens is 246 g/mol. The van der Waals surface area contributed by atoms with E-state index in [1.165, 1.54) is 24.1 Å². The largest absolute Gasteiger partial charge is 0.376 e. The third-order valence-electron chi connectivity index (χ3n) is 3.17. The van der Waals surface area contributed by atoms with Crippen molar-refractivity contribution >= 4 is 16.5 Å². The van der Waals surface area contributed by atoms with Crippen molar-refractivity contribution in [1.82, 2.24) is 10.3 Å². The zero-order valence-electron chi connectivity index (χ0n) is 11.3. The molecule has 5 heteroatoms. The van der Waals surface area contributed by atoms with Gasteiger partial charge in [-0.2, -0.15) is 0 Å². The first-order valence-corrected chi connectivity index (χ1v) is 7.59. The molecule has 0 aliphatic carbocycles. The Morgan fingerprint density at radius 3 is 3.17 bits per heavy atom. The maximum Gasteiger partial charge on any atom is 0.185 e. The number of aromatic nitrogens is 1. The number of thiazole rings is 1. The second kappa shape index (κ2) is 7.07. The fourth-order valence-electron chi connectivity index (χ4n) is 2.14. The molecule has 1 aromatic heterocycles. The highest BCUT2D eigenvalue weighted by Gasteiger charge is 2.17. The third kappa shape index (κ3) is 3.93. The van der Waals surface area contributed by atoms with Gasteiger partial charge in [-0.1, -0.05) is 6.92 Å². The number of hydrogen-bond donors (Lipinski definition) is 1. The van der Waals surface area contributed by atoms with Crippen molar-refractivity contribution in [2.75, 3.05) is 31.6 Å². The van der Waals surface area contributed by atoms with Crippen LogP contribution in [-0.2, 0) is 11.3 Å². The Labute approximate surface area is 113 Å². The summed E-state index contributed by atoms with van der Waals surface area (Å²) in [4.78, 5) is 8.00. The van der Waals surface area contributed by atoms with E-state index in [-0.39, 0.29) is 0 Å². The van der Waals surface area contributed by atoms with Crippen LogP contribution in [0.2, 0.25) is 0 Å². The van der Waals surface area contributed by atoms with E-state index in [4.69, 9.17) is 4.74 Å². The van der Waals surface area contributed by atoms with Gasteiger partial charge in [0.25, 0.3) is 0 Å². The Balaban J connectivity index is 1.83. The summed E-state index contributed by atoms with van der Waals surface area (Å²) in [6.07, 6.45) is 6.04. The molecular formula is C13H23N3OS. The highest BCUT2D eigenvalue weighted by atomic mass is 32.1. The fraction of sp³-hybridized carbons (Fsp3) is 0.769. The number of anilines is 1. The number of rotatable bonds is 6. The van der Waals surface area contributed by atoms with Crippen molar-refractivity contribution in [3.8, 4) is 0 Å². The average molecular weight is 269 g/mol. The Hall–Kier alpha value is -0.650. The number of hydrogen-bond acceptors (Lipinski definition) is 5. The van der Waals surface area contributed by atoms with Crippen LogP contribution in [0.25, 0.3) is 0 Å². The molecule has 2 heterocycles. The molecule has 0 aromatic carbocycles. The Kier molecular flexibility index (Phi) is 5.41. The van der Waals surface area contributed by atoms with E-state index < -0.39 is 0 Å². The molecule has 1 unspecified atom stereocenters. The predicted molar refractivity (Wildman–Crippen MR) is 76.4 cm³/mol. The van der Waals surface area contributed by atoms with E-state index >= 15 is 0 Å². The SMILES string of the molecule is CCNCc1cnc(N(C)CC2CCCCO2)s1. The van der Waals surface area contributed by atoms with E-state index in [0.717, 1.165) is 31.4 Å². The summed E-state index contributed by atoms with van der Waals surface area (Å²) in [7, 11) is 2.10. The standard InChI is InChI=1S/C13H23N3OS/c1-3-14-8-12-9-15-13(18-12)16(2)10-11-6-4-5-7-17-11/h9,11,14H,3-8,10H2,1-2H3. The summed E-state index contributed by atoms with van der Waals surface area (Å²) < 4.78 is 5.76. The molecule has 18 heavy (non-hydrogen) atoms. The molecule has 1 aliphatic rings. The van der Waals surface area contributed by atoms with E-state index in [1.807, 2.05) is 6.20 Å². The summed E-state index contributed by atoms with van der Waals surface area (Å²) in [5.74, 6) is 0. The van der Waals surface area contributed by atoms with E-state index in [0.29, 0.717) is 6.10 Å². The van der Waals surface area contributed by atoms with Gasteiger partial charge >= 0.3 is 0 Å². The first kappa shape index (κ1) is 13.8. The fourth-order valence-corrected chi connectivity index (χ4v) is 2.99. The van der Waals surface area contributed by atoms with Crippen molar-refractivity contribution in [3.63, 3.8) is 0 Å². The van der Waals surface area contributed by atoms with Crippen LogP contribution in [-0.4, -0.2) is 37.8 Å². The van der Waals surface area contributed by atoms with Crippen molar-refractivity contribution in [3.05, 3.63) is 11.1 Å². The number of ether oxygens (including phenoxy) is 1. The van der Waals surface area contributed by atoms with E-state index in [2.05, 4.69) is 29.2 Å². The van der Waals surface area contributed by atoms with Crippen molar-refractivity contribution < 1.29 is 4.74 Å². The van der Waals surface area contributed by atoms with Crippen LogP contribution < -0.4 is 10.2 Å². The molecule has 0 saturated carbocycles. The second-order valence-corrected chi connectivity index (χ2v) is 5.85. The van der Waals surface area contributed by atoms with Gasteiger partial charge in [0.15, 0.2) is 5.13 Å². The summed E-state index contributed by atoms with van der Waals surface area (Å²) in [6, 6.07) is 0. The summed E-state index contributed by atoms with van der Waals surface area (Å²) in [5.41, 5.74) is 0. The maximum absolute atomic E-state index is 5.76. The molecule has 1 aliphatic heterocycles. The van der Waals surface area contributed by atoms with Crippen LogP contribution in [0.15, 0.2) is 6.20 Å². The van der Waals surface area contributed by atoms with Crippen LogP contribution in [0, 0.1) is 0 Å². The van der Waals surface area contributed by atoms with Crippen molar-refractivity contribution in [2.45, 2.75) is 38.8 Å². The zero-order valence-corrected chi connectivity index (χ0v) is 12.1. The van der Waals surface area contributed by atoms with E-state index in [1.54, 1.807) is 11.3 Å². The van der Waals surface area contributed by atoms with Crippen LogP contribution in [0.5, 0.6) is 0 Å². The Morgan fingerprint density at radius 1 is 1.56 bits per heavy atom. The van der Waals surface area contributed by atoms with Crippen LogP contribution in [0.3, 0.4) is 0 Å². The number of likely N-dealkylation sites (N-methyl/N-ethyl adjacent to an activating group) is 1. The van der Waals surface area contributed by atoms with Gasteiger partial charge in [-0.15, -0.1) is 11.3 Å². The van der Waals surface area contributed by atoms with Crippen LogP contribution in [0.4, 0.5) is 5.13 Å².